The van der Waals surface area contributed by atoms with E-state index in [0.717, 1.165) is 64.3 Å². The van der Waals surface area contributed by atoms with E-state index < -0.39 is 11.9 Å². The molecule has 0 aromatic heterocycles. The van der Waals surface area contributed by atoms with Gasteiger partial charge in [-0.25, -0.2) is 9.59 Å². The molecule has 0 radical (unpaired) electrons. The summed E-state index contributed by atoms with van der Waals surface area (Å²) >= 11 is 0. The molecule has 1 aliphatic heterocycles. The lowest BCUT2D eigenvalue weighted by atomic mass is 10.2. The van der Waals surface area contributed by atoms with Crippen LogP contribution >= 0.6 is 0 Å². The first kappa shape index (κ1) is 16.7. The second kappa shape index (κ2) is 10.4. The summed E-state index contributed by atoms with van der Waals surface area (Å²) in [5.41, 5.74) is 0. The smallest absolute Gasteiger partial charge is 0.331 e. The molecule has 1 heterocycles. The molecule has 0 atom stereocenters. The summed E-state index contributed by atoms with van der Waals surface area (Å²) in [5.74, 6) is -1.07. The maximum Gasteiger partial charge on any atom is 0.331 e. The van der Waals surface area contributed by atoms with Crippen molar-refractivity contribution in [3.05, 3.63) is 12.2 Å². The summed E-state index contributed by atoms with van der Waals surface area (Å²) in [5, 5.41) is 0. The van der Waals surface area contributed by atoms with Crippen LogP contribution < -0.4 is 4.90 Å². The van der Waals surface area contributed by atoms with Crippen molar-refractivity contribution in [3.63, 3.8) is 0 Å². The van der Waals surface area contributed by atoms with Crippen LogP contribution in [0.1, 0.15) is 19.3 Å². The first-order valence-electron chi connectivity index (χ1n) is 7.06. The number of hydrogen-bond donors (Lipinski definition) is 1. The lowest BCUT2D eigenvalue weighted by Gasteiger charge is -2.23. The lowest BCUT2D eigenvalue weighted by molar-refractivity contribution is -0.908. The monoisotopic (exact) mass is 286 g/mol. The van der Waals surface area contributed by atoms with Gasteiger partial charge in [-0.05, 0) is 19.3 Å². The average molecular weight is 286 g/mol. The van der Waals surface area contributed by atoms with Gasteiger partial charge in [0.15, 0.2) is 0 Å². The van der Waals surface area contributed by atoms with Crippen LogP contribution in [-0.2, 0) is 23.8 Å². The minimum atomic E-state index is -0.560. The van der Waals surface area contributed by atoms with E-state index in [2.05, 4.69) is 4.74 Å². The number of unbranched alkanes of at least 4 members (excludes halogenated alkanes) is 2. The number of esters is 2. The number of methoxy groups -OCH3 is 1. The molecule has 0 aromatic rings. The largest absolute Gasteiger partial charge is 0.466 e. The van der Waals surface area contributed by atoms with E-state index in [0.29, 0.717) is 6.61 Å². The Morgan fingerprint density at radius 1 is 1.10 bits per heavy atom. The minimum absolute atomic E-state index is 0.392. The van der Waals surface area contributed by atoms with Crippen LogP contribution in [-0.4, -0.2) is 58.5 Å². The Labute approximate surface area is 119 Å². The third kappa shape index (κ3) is 7.91. The molecular weight excluding hydrogens is 262 g/mol. The highest BCUT2D eigenvalue weighted by Crippen LogP contribution is 1.95. The van der Waals surface area contributed by atoms with E-state index >= 15 is 0 Å². The minimum Gasteiger partial charge on any atom is -0.466 e. The quantitative estimate of drug-likeness (QED) is 0.365. The van der Waals surface area contributed by atoms with Crippen molar-refractivity contribution < 1.29 is 28.7 Å². The van der Waals surface area contributed by atoms with Crippen LogP contribution in [0.15, 0.2) is 12.2 Å². The molecule has 1 N–H and O–H groups in total. The highest BCUT2D eigenvalue weighted by Gasteiger charge is 2.12. The van der Waals surface area contributed by atoms with E-state index in [4.69, 9.17) is 9.47 Å². The van der Waals surface area contributed by atoms with Crippen LogP contribution in [0.2, 0.25) is 0 Å². The van der Waals surface area contributed by atoms with Crippen molar-refractivity contribution in [1.82, 2.24) is 0 Å². The molecule has 1 aliphatic rings. The zero-order valence-corrected chi connectivity index (χ0v) is 12.1. The van der Waals surface area contributed by atoms with Gasteiger partial charge in [-0.2, -0.15) is 0 Å². The van der Waals surface area contributed by atoms with Crippen molar-refractivity contribution in [2.24, 2.45) is 0 Å². The Hall–Kier alpha value is -1.40. The van der Waals surface area contributed by atoms with Crippen molar-refractivity contribution in [2.75, 3.05) is 46.6 Å². The van der Waals surface area contributed by atoms with Gasteiger partial charge in [0.1, 0.15) is 13.1 Å². The summed E-state index contributed by atoms with van der Waals surface area (Å²) in [4.78, 5) is 23.6. The number of hydrogen-bond acceptors (Lipinski definition) is 5. The second-order valence-corrected chi connectivity index (χ2v) is 4.70. The highest BCUT2D eigenvalue weighted by molar-refractivity contribution is 5.91. The molecule has 0 aromatic carbocycles. The fourth-order valence-electron chi connectivity index (χ4n) is 1.99. The molecule has 1 fully saturated rings. The molecule has 6 heteroatoms. The lowest BCUT2D eigenvalue weighted by Crippen LogP contribution is -3.14. The summed E-state index contributed by atoms with van der Waals surface area (Å²) < 4.78 is 14.6. The topological polar surface area (TPSA) is 66.3 Å². The van der Waals surface area contributed by atoms with Gasteiger partial charge < -0.3 is 19.1 Å². The molecule has 6 nitrogen and oxygen atoms in total. The number of nitrogens with one attached hydrogen (secondary N) is 1. The summed E-state index contributed by atoms with van der Waals surface area (Å²) in [6.45, 7) is 5.45. The van der Waals surface area contributed by atoms with Crippen molar-refractivity contribution >= 4 is 11.9 Å². The van der Waals surface area contributed by atoms with Crippen LogP contribution in [0.4, 0.5) is 0 Å². The molecule has 0 saturated carbocycles. The number of carbonyl (C=O) groups excluding carboxylic acids is 2. The molecule has 0 aliphatic carbocycles. The predicted molar refractivity (Wildman–Crippen MR) is 72.3 cm³/mol. The van der Waals surface area contributed by atoms with Gasteiger partial charge in [-0.3, -0.25) is 0 Å². The Bertz CT molecular complexity index is 324. The normalized spacial score (nSPS) is 16.2. The van der Waals surface area contributed by atoms with E-state index in [9.17, 15) is 9.59 Å². The first-order chi connectivity index (χ1) is 9.72. The third-order valence-electron chi connectivity index (χ3n) is 3.18. The van der Waals surface area contributed by atoms with Gasteiger partial charge in [0, 0.05) is 12.2 Å². The van der Waals surface area contributed by atoms with Gasteiger partial charge in [-0.15, -0.1) is 0 Å². The summed E-state index contributed by atoms with van der Waals surface area (Å²) in [6, 6.07) is 0. The van der Waals surface area contributed by atoms with Crippen LogP contribution in [0.25, 0.3) is 0 Å². The summed E-state index contributed by atoms with van der Waals surface area (Å²) in [6.07, 6.45) is 5.17. The van der Waals surface area contributed by atoms with Crippen LogP contribution in [0, 0.1) is 0 Å². The zero-order valence-electron chi connectivity index (χ0n) is 12.1. The molecule has 1 rings (SSSR count). The van der Waals surface area contributed by atoms with Crippen molar-refractivity contribution in [3.8, 4) is 0 Å². The Morgan fingerprint density at radius 3 is 2.50 bits per heavy atom. The van der Waals surface area contributed by atoms with Gasteiger partial charge >= 0.3 is 11.9 Å². The number of quaternary nitrogens is 1. The maximum atomic E-state index is 11.2. The van der Waals surface area contributed by atoms with E-state index in [1.165, 1.54) is 7.11 Å². The van der Waals surface area contributed by atoms with E-state index in [1.54, 1.807) is 4.90 Å². The Balaban J connectivity index is 1.94. The molecule has 0 amide bonds. The van der Waals surface area contributed by atoms with Gasteiger partial charge in [-0.1, -0.05) is 0 Å². The third-order valence-corrected chi connectivity index (χ3v) is 3.18. The summed E-state index contributed by atoms with van der Waals surface area (Å²) in [7, 11) is 1.26. The fourth-order valence-corrected chi connectivity index (χ4v) is 1.99. The number of ether oxygens (including phenoxy) is 3. The SMILES string of the molecule is COC(=O)C=CC(=O)OCCCCC[NH+]1CCOCC1. The number of rotatable bonds is 8. The number of morpholine rings is 1. The Morgan fingerprint density at radius 2 is 1.80 bits per heavy atom. The standard InChI is InChI=1S/C14H23NO5/c1-18-13(16)5-6-14(17)20-10-4-2-3-7-15-8-11-19-12-9-15/h5-6H,2-4,7-12H2,1H3/p+1. The van der Waals surface area contributed by atoms with Crippen molar-refractivity contribution in [1.29, 1.82) is 0 Å². The molecule has 0 unspecified atom stereocenters. The predicted octanol–water partition coefficient (Wildman–Crippen LogP) is -0.656. The average Bonchev–Trinajstić information content (AvgIpc) is 2.49. The first-order valence-corrected chi connectivity index (χ1v) is 7.06. The van der Waals surface area contributed by atoms with Crippen LogP contribution in [0.3, 0.4) is 0 Å². The Kier molecular flexibility index (Phi) is 8.66. The molecule has 0 spiro atoms. The van der Waals surface area contributed by atoms with Gasteiger partial charge in [0.05, 0.1) is 33.5 Å². The molecule has 0 bridgehead atoms. The highest BCUT2D eigenvalue weighted by atomic mass is 16.5. The zero-order chi connectivity index (χ0) is 14.6. The molecule has 1 saturated heterocycles. The van der Waals surface area contributed by atoms with Crippen LogP contribution in [0.5, 0.6) is 0 Å². The molecular formula is C14H24NO5+. The number of carbonyl (C=O) groups is 2. The molecule has 114 valence electrons. The molecule has 20 heavy (non-hydrogen) atoms. The van der Waals surface area contributed by atoms with Gasteiger partial charge in [0.2, 0.25) is 0 Å². The van der Waals surface area contributed by atoms with Gasteiger partial charge in [0.25, 0.3) is 0 Å². The fraction of sp³-hybridized carbons (Fsp3) is 0.714. The maximum absolute atomic E-state index is 11.2. The van der Waals surface area contributed by atoms with E-state index in [-0.39, 0.29) is 0 Å². The second-order valence-electron chi connectivity index (χ2n) is 4.70. The van der Waals surface area contributed by atoms with Crippen molar-refractivity contribution in [2.45, 2.75) is 19.3 Å². The van der Waals surface area contributed by atoms with E-state index in [1.807, 2.05) is 0 Å².